The lowest BCUT2D eigenvalue weighted by Gasteiger charge is -2.29. The van der Waals surface area contributed by atoms with Gasteiger partial charge in [0, 0.05) is 27.8 Å². The van der Waals surface area contributed by atoms with Crippen molar-refractivity contribution in [3.8, 4) is 66.8 Å². The predicted molar refractivity (Wildman–Crippen MR) is 278 cm³/mol. The number of fused-ring (bicyclic) bond motifs is 6. The molecule has 10 aromatic carbocycles. The van der Waals surface area contributed by atoms with Crippen molar-refractivity contribution in [2.75, 3.05) is 4.90 Å². The van der Waals surface area contributed by atoms with E-state index < -0.39 is 0 Å². The van der Waals surface area contributed by atoms with Crippen molar-refractivity contribution < 1.29 is 0 Å². The minimum absolute atomic E-state index is 0.104. The Morgan fingerprint density at radius 1 is 0.288 bits per heavy atom. The third-order valence-electron chi connectivity index (χ3n) is 14.6. The van der Waals surface area contributed by atoms with Crippen LogP contribution in [-0.4, -0.2) is 0 Å². The van der Waals surface area contributed by atoms with Gasteiger partial charge in [-0.15, -0.1) is 0 Å². The number of nitrogens with zero attached hydrogens (tertiary/aromatic N) is 1. The van der Waals surface area contributed by atoms with Gasteiger partial charge in [-0.05, 0) is 132 Å². The molecule has 0 aromatic heterocycles. The van der Waals surface area contributed by atoms with Crippen LogP contribution in [0.2, 0.25) is 0 Å². The molecule has 12 rings (SSSR count). The third-order valence-corrected chi connectivity index (χ3v) is 14.6. The van der Waals surface area contributed by atoms with Gasteiger partial charge < -0.3 is 4.90 Å². The van der Waals surface area contributed by atoms with Gasteiger partial charge in [-0.25, -0.2) is 0 Å². The summed E-state index contributed by atoms with van der Waals surface area (Å²) in [4.78, 5) is 2.43. The molecule has 0 saturated carbocycles. The van der Waals surface area contributed by atoms with Crippen LogP contribution in [0.3, 0.4) is 0 Å². The van der Waals surface area contributed by atoms with Crippen molar-refractivity contribution in [1.82, 2.24) is 0 Å². The molecular weight excluding hydrogens is 795 g/mol. The highest BCUT2D eigenvalue weighted by Crippen LogP contribution is 2.54. The lowest BCUT2D eigenvalue weighted by Crippen LogP contribution is -2.22. The quantitative estimate of drug-likeness (QED) is 0.147. The molecule has 0 bridgehead atoms. The van der Waals surface area contributed by atoms with Gasteiger partial charge in [0.2, 0.25) is 0 Å². The number of hydrogen-bond donors (Lipinski definition) is 0. The van der Waals surface area contributed by atoms with E-state index in [1.807, 2.05) is 0 Å². The van der Waals surface area contributed by atoms with Crippen molar-refractivity contribution in [1.29, 1.82) is 0 Å². The highest BCUT2D eigenvalue weighted by Gasteiger charge is 2.41. The normalized spacial score (nSPS) is 15.1. The summed E-state index contributed by atoms with van der Waals surface area (Å²) in [6.45, 7) is 7.13. The van der Waals surface area contributed by atoms with Gasteiger partial charge in [-0.2, -0.15) is 0 Å². The summed E-state index contributed by atoms with van der Waals surface area (Å²) < 4.78 is 0. The SMILES string of the molecule is CC1(C)c2ccccc2-c2cccc(-c3ccc(N(c4ccc(-c5ccc6c(c5)C(C)(c5ccccc5)c5ccccc5-6)cc4)c4ccccc4-c4ccc(-c5ccccc5)cc4)cc3)c21. The van der Waals surface area contributed by atoms with E-state index >= 15 is 0 Å². The summed E-state index contributed by atoms with van der Waals surface area (Å²) in [5, 5.41) is 0. The fraction of sp³-hybridized carbons (Fsp3) is 0.0769. The molecule has 0 aliphatic heterocycles. The van der Waals surface area contributed by atoms with Crippen LogP contribution in [0.15, 0.2) is 243 Å². The highest BCUT2D eigenvalue weighted by atomic mass is 15.1. The standard InChI is InChI=1S/C65H49N/c1-64(2)59-26-13-10-23-56(59)58-25-16-24-54(63(58)64)48-35-40-52(41-36-48)66(62-28-15-12-21-53(62)47-31-29-45(30-32-47)44-17-6-4-7-18-44)51-38-33-46(34-39-51)49-37-42-57-55-22-11-14-27-60(55)65(3,61(57)43-49)50-19-8-5-9-20-50/h4-43H,1-3H3. The number of rotatable bonds is 8. The Balaban J connectivity index is 0.956. The largest absolute Gasteiger partial charge is 0.310 e. The van der Waals surface area contributed by atoms with Crippen LogP contribution in [0.1, 0.15) is 48.6 Å². The zero-order chi connectivity index (χ0) is 44.4. The minimum Gasteiger partial charge on any atom is -0.310 e. The first-order valence-corrected chi connectivity index (χ1v) is 23.2. The first kappa shape index (κ1) is 39.6. The smallest absolute Gasteiger partial charge is 0.0540 e. The van der Waals surface area contributed by atoms with Crippen LogP contribution in [0.25, 0.3) is 66.8 Å². The second-order valence-corrected chi connectivity index (χ2v) is 18.6. The monoisotopic (exact) mass is 843 g/mol. The summed E-state index contributed by atoms with van der Waals surface area (Å²) in [7, 11) is 0. The van der Waals surface area contributed by atoms with Gasteiger partial charge in [-0.3, -0.25) is 0 Å². The van der Waals surface area contributed by atoms with Gasteiger partial charge in [0.05, 0.1) is 5.69 Å². The molecular formula is C65H49N. The molecule has 2 aliphatic rings. The molecule has 0 fully saturated rings. The van der Waals surface area contributed by atoms with Gasteiger partial charge in [0.25, 0.3) is 0 Å². The van der Waals surface area contributed by atoms with E-state index in [1.54, 1.807) is 0 Å². The highest BCUT2D eigenvalue weighted by molar-refractivity contribution is 5.92. The molecule has 0 saturated heterocycles. The average molecular weight is 844 g/mol. The van der Waals surface area contributed by atoms with Gasteiger partial charge >= 0.3 is 0 Å². The van der Waals surface area contributed by atoms with Crippen molar-refractivity contribution in [3.05, 3.63) is 270 Å². The molecule has 10 aromatic rings. The van der Waals surface area contributed by atoms with E-state index in [9.17, 15) is 0 Å². The second kappa shape index (κ2) is 15.6. The minimum atomic E-state index is -0.255. The maximum atomic E-state index is 2.43. The van der Waals surface area contributed by atoms with E-state index in [4.69, 9.17) is 0 Å². The lowest BCUT2D eigenvalue weighted by atomic mass is 9.74. The molecule has 2 aliphatic carbocycles. The molecule has 0 N–H and O–H groups in total. The van der Waals surface area contributed by atoms with Gasteiger partial charge in [0.15, 0.2) is 0 Å². The molecule has 0 heterocycles. The maximum Gasteiger partial charge on any atom is 0.0540 e. The number of para-hydroxylation sites is 1. The van der Waals surface area contributed by atoms with E-state index in [2.05, 4.69) is 268 Å². The Morgan fingerprint density at radius 3 is 1.42 bits per heavy atom. The molecule has 1 unspecified atom stereocenters. The van der Waals surface area contributed by atoms with Crippen molar-refractivity contribution in [2.24, 2.45) is 0 Å². The average Bonchev–Trinajstić information content (AvgIpc) is 3.79. The fourth-order valence-corrected chi connectivity index (χ4v) is 11.2. The van der Waals surface area contributed by atoms with Gasteiger partial charge in [0.1, 0.15) is 0 Å². The van der Waals surface area contributed by atoms with Crippen LogP contribution in [-0.2, 0) is 10.8 Å². The first-order valence-electron chi connectivity index (χ1n) is 23.2. The van der Waals surface area contributed by atoms with Crippen molar-refractivity contribution in [3.63, 3.8) is 0 Å². The molecule has 1 heteroatoms. The summed E-state index contributed by atoms with van der Waals surface area (Å²) in [6.07, 6.45) is 0. The predicted octanol–water partition coefficient (Wildman–Crippen LogP) is 17.5. The Kier molecular flexibility index (Phi) is 9.36. The van der Waals surface area contributed by atoms with Crippen molar-refractivity contribution >= 4 is 17.1 Å². The topological polar surface area (TPSA) is 3.24 Å². The first-order chi connectivity index (χ1) is 32.4. The second-order valence-electron chi connectivity index (χ2n) is 18.6. The zero-order valence-corrected chi connectivity index (χ0v) is 37.5. The van der Waals surface area contributed by atoms with Crippen LogP contribution in [0.5, 0.6) is 0 Å². The van der Waals surface area contributed by atoms with Crippen LogP contribution in [0.4, 0.5) is 17.1 Å². The summed E-state index contributed by atoms with van der Waals surface area (Å²) >= 11 is 0. The Bertz CT molecular complexity index is 3420. The molecule has 0 spiro atoms. The summed E-state index contributed by atoms with van der Waals surface area (Å²) in [5.74, 6) is 0. The Hall–Kier alpha value is -8.00. The number of benzene rings is 10. The van der Waals surface area contributed by atoms with Gasteiger partial charge in [-0.1, -0.05) is 220 Å². The van der Waals surface area contributed by atoms with Crippen LogP contribution >= 0.6 is 0 Å². The molecule has 314 valence electrons. The Labute approximate surface area is 389 Å². The van der Waals surface area contributed by atoms with Crippen LogP contribution < -0.4 is 4.90 Å². The third kappa shape index (κ3) is 6.30. The molecule has 0 radical (unpaired) electrons. The van der Waals surface area contributed by atoms with E-state index in [1.165, 1.54) is 94.6 Å². The van der Waals surface area contributed by atoms with Crippen molar-refractivity contribution in [2.45, 2.75) is 31.6 Å². The molecule has 1 nitrogen and oxygen atoms in total. The summed E-state index contributed by atoms with van der Waals surface area (Å²) in [6, 6.07) is 89.5. The molecule has 1 atom stereocenters. The van der Waals surface area contributed by atoms with E-state index in [0.717, 1.165) is 17.1 Å². The van der Waals surface area contributed by atoms with E-state index in [0.29, 0.717) is 0 Å². The lowest BCUT2D eigenvalue weighted by molar-refractivity contribution is 0.662. The number of anilines is 3. The maximum absolute atomic E-state index is 2.43. The molecule has 66 heavy (non-hydrogen) atoms. The zero-order valence-electron chi connectivity index (χ0n) is 37.5. The molecule has 0 amide bonds. The summed E-state index contributed by atoms with van der Waals surface area (Å²) in [5.41, 5.74) is 24.8. The Morgan fingerprint density at radius 2 is 0.727 bits per heavy atom. The van der Waals surface area contributed by atoms with E-state index in [-0.39, 0.29) is 10.8 Å². The van der Waals surface area contributed by atoms with Crippen LogP contribution in [0, 0.1) is 0 Å². The fourth-order valence-electron chi connectivity index (χ4n) is 11.2. The number of hydrogen-bond acceptors (Lipinski definition) is 1.